The van der Waals surface area contributed by atoms with E-state index < -0.39 is 0 Å². The van der Waals surface area contributed by atoms with E-state index in [9.17, 15) is 4.79 Å². The predicted octanol–water partition coefficient (Wildman–Crippen LogP) is 3.25. The molecule has 0 saturated carbocycles. The fourth-order valence-corrected chi connectivity index (χ4v) is 3.58. The normalized spacial score (nSPS) is 14.3. The van der Waals surface area contributed by atoms with Crippen LogP contribution in [0.4, 0.5) is 16.3 Å². The summed E-state index contributed by atoms with van der Waals surface area (Å²) in [6.45, 7) is 6.84. The Morgan fingerprint density at radius 1 is 1.27 bits per heavy atom. The number of methoxy groups -OCH3 is 1. The molecule has 1 saturated heterocycles. The number of carbonyl (C=O) groups excluding carboxylic acids is 1. The minimum atomic E-state index is -0.291. The summed E-state index contributed by atoms with van der Waals surface area (Å²) in [5, 5.41) is 12.3. The Bertz CT molecular complexity index is 931. The number of pyridine rings is 1. The van der Waals surface area contributed by atoms with E-state index in [4.69, 9.17) is 19.3 Å². The van der Waals surface area contributed by atoms with Gasteiger partial charge in [-0.25, -0.2) is 9.78 Å². The lowest BCUT2D eigenvalue weighted by Crippen LogP contribution is -2.42. The number of piperidine rings is 1. The van der Waals surface area contributed by atoms with Crippen LogP contribution in [0.15, 0.2) is 18.5 Å². The monoisotopic (exact) mass is 459 g/mol. The first-order valence-corrected chi connectivity index (χ1v) is 11.3. The third-order valence-electron chi connectivity index (χ3n) is 5.28. The van der Waals surface area contributed by atoms with Crippen LogP contribution in [0.1, 0.15) is 44.5 Å². The standard InChI is InChI=1S/C23H33N5O5/c1-15(2)32-23(30)28-11-9-18(10-12-28)33-22-20(31-4)21(24-14-25-22)27-19-8-7-17(6-5-13-29)26-16(19)3/h7-8,14-15,18,29H,5-6,9-13H2,1-4H3,(H,24,25,27). The van der Waals surface area contributed by atoms with Crippen molar-refractivity contribution >= 4 is 17.6 Å². The van der Waals surface area contributed by atoms with E-state index in [2.05, 4.69) is 20.3 Å². The minimum Gasteiger partial charge on any atom is -0.489 e. The summed E-state index contributed by atoms with van der Waals surface area (Å²) in [4.78, 5) is 27.0. The third-order valence-corrected chi connectivity index (χ3v) is 5.28. The van der Waals surface area contributed by atoms with Crippen molar-refractivity contribution in [3.63, 3.8) is 0 Å². The number of hydrogen-bond acceptors (Lipinski definition) is 9. The molecule has 1 amide bonds. The summed E-state index contributed by atoms with van der Waals surface area (Å²) in [5.41, 5.74) is 2.53. The molecule has 1 aliphatic heterocycles. The largest absolute Gasteiger partial charge is 0.489 e. The van der Waals surface area contributed by atoms with Crippen LogP contribution in [0.5, 0.6) is 11.6 Å². The quantitative estimate of drug-likeness (QED) is 0.582. The maximum Gasteiger partial charge on any atom is 0.410 e. The van der Waals surface area contributed by atoms with Gasteiger partial charge in [0.2, 0.25) is 5.75 Å². The molecule has 1 fully saturated rings. The van der Waals surface area contributed by atoms with Gasteiger partial charge in [0.25, 0.3) is 5.88 Å². The van der Waals surface area contributed by atoms with Gasteiger partial charge in [-0.1, -0.05) is 0 Å². The van der Waals surface area contributed by atoms with E-state index in [0.29, 0.717) is 49.8 Å². The van der Waals surface area contributed by atoms with Crippen LogP contribution in [0, 0.1) is 6.92 Å². The number of aliphatic hydroxyl groups is 1. The Labute approximate surface area is 194 Å². The van der Waals surface area contributed by atoms with E-state index in [0.717, 1.165) is 23.5 Å². The number of hydrogen-bond donors (Lipinski definition) is 2. The molecule has 3 rings (SSSR count). The number of carbonyl (C=O) groups is 1. The average Bonchev–Trinajstić information content (AvgIpc) is 2.79. The van der Waals surface area contributed by atoms with Gasteiger partial charge in [-0.3, -0.25) is 4.98 Å². The SMILES string of the molecule is COc1c(Nc2ccc(CCCO)nc2C)ncnc1OC1CCN(C(=O)OC(C)C)CC1. The molecule has 0 radical (unpaired) electrons. The van der Waals surface area contributed by atoms with Gasteiger partial charge in [-0.05, 0) is 45.7 Å². The van der Waals surface area contributed by atoms with Crippen molar-refractivity contribution in [2.24, 2.45) is 0 Å². The van der Waals surface area contributed by atoms with Gasteiger partial charge in [-0.15, -0.1) is 0 Å². The van der Waals surface area contributed by atoms with Crippen molar-refractivity contribution in [3.05, 3.63) is 29.8 Å². The number of anilines is 2. The Morgan fingerprint density at radius 2 is 2.03 bits per heavy atom. The zero-order valence-electron chi connectivity index (χ0n) is 19.7. The van der Waals surface area contributed by atoms with E-state index in [1.54, 1.807) is 12.0 Å². The van der Waals surface area contributed by atoms with E-state index >= 15 is 0 Å². The first kappa shape index (κ1) is 24.5. The van der Waals surface area contributed by atoms with Crippen molar-refractivity contribution in [1.29, 1.82) is 0 Å². The number of amides is 1. The number of aryl methyl sites for hydroxylation is 2. The maximum absolute atomic E-state index is 12.1. The number of nitrogens with one attached hydrogen (secondary N) is 1. The summed E-state index contributed by atoms with van der Waals surface area (Å²) in [6.07, 6.45) is 3.63. The Balaban J connectivity index is 1.66. The fraction of sp³-hybridized carbons (Fsp3) is 0.565. The molecule has 33 heavy (non-hydrogen) atoms. The Kier molecular flexibility index (Phi) is 8.65. The molecule has 0 unspecified atom stereocenters. The van der Waals surface area contributed by atoms with Crippen LogP contribution in [-0.2, 0) is 11.2 Å². The van der Waals surface area contributed by atoms with Crippen molar-refractivity contribution in [3.8, 4) is 11.6 Å². The van der Waals surface area contributed by atoms with E-state index in [-0.39, 0.29) is 24.9 Å². The molecule has 0 bridgehead atoms. The molecule has 0 atom stereocenters. The average molecular weight is 460 g/mol. The van der Waals surface area contributed by atoms with Crippen LogP contribution in [0.3, 0.4) is 0 Å². The summed E-state index contributed by atoms with van der Waals surface area (Å²) < 4.78 is 17.0. The zero-order chi connectivity index (χ0) is 23.8. The molecule has 2 N–H and O–H groups in total. The summed E-state index contributed by atoms with van der Waals surface area (Å²) in [7, 11) is 1.55. The van der Waals surface area contributed by atoms with Crippen molar-refractivity contribution in [2.75, 3.05) is 32.1 Å². The van der Waals surface area contributed by atoms with E-state index in [1.165, 1.54) is 6.33 Å². The molecule has 0 aromatic carbocycles. The molecular weight excluding hydrogens is 426 g/mol. The smallest absolute Gasteiger partial charge is 0.410 e. The summed E-state index contributed by atoms with van der Waals surface area (Å²) >= 11 is 0. The van der Waals surface area contributed by atoms with Gasteiger partial charge in [0.15, 0.2) is 5.82 Å². The zero-order valence-corrected chi connectivity index (χ0v) is 19.7. The highest BCUT2D eigenvalue weighted by atomic mass is 16.6. The van der Waals surface area contributed by atoms with Gasteiger partial charge < -0.3 is 29.5 Å². The Hall–Kier alpha value is -3.14. The summed E-state index contributed by atoms with van der Waals surface area (Å²) in [6, 6.07) is 3.86. The lowest BCUT2D eigenvalue weighted by atomic mass is 10.1. The molecule has 3 heterocycles. The third kappa shape index (κ3) is 6.67. The van der Waals surface area contributed by atoms with E-state index in [1.807, 2.05) is 32.9 Å². The van der Waals surface area contributed by atoms with Crippen molar-refractivity contribution in [1.82, 2.24) is 19.9 Å². The molecule has 2 aromatic rings. The van der Waals surface area contributed by atoms with Crippen LogP contribution in [0.2, 0.25) is 0 Å². The highest BCUT2D eigenvalue weighted by Crippen LogP contribution is 2.35. The fourth-order valence-electron chi connectivity index (χ4n) is 3.58. The van der Waals surface area contributed by atoms with Crippen LogP contribution in [-0.4, -0.2) is 70.1 Å². The van der Waals surface area contributed by atoms with Gasteiger partial charge in [0.1, 0.15) is 12.4 Å². The first-order chi connectivity index (χ1) is 15.9. The lowest BCUT2D eigenvalue weighted by Gasteiger charge is -2.31. The van der Waals surface area contributed by atoms with Gasteiger partial charge in [0.05, 0.1) is 24.6 Å². The highest BCUT2D eigenvalue weighted by Gasteiger charge is 2.27. The molecular formula is C23H33N5O5. The second-order valence-electron chi connectivity index (χ2n) is 8.19. The molecule has 180 valence electrons. The van der Waals surface area contributed by atoms with Crippen LogP contribution in [0.25, 0.3) is 0 Å². The number of rotatable bonds is 9. The Morgan fingerprint density at radius 3 is 2.67 bits per heavy atom. The molecule has 1 aliphatic rings. The molecule has 2 aromatic heterocycles. The van der Waals surface area contributed by atoms with Gasteiger partial charge in [-0.2, -0.15) is 4.98 Å². The van der Waals surface area contributed by atoms with Crippen LogP contribution >= 0.6 is 0 Å². The van der Waals surface area contributed by atoms with Gasteiger partial charge >= 0.3 is 6.09 Å². The number of aromatic nitrogens is 3. The number of likely N-dealkylation sites (tertiary alicyclic amines) is 1. The lowest BCUT2D eigenvalue weighted by molar-refractivity contribution is 0.0500. The van der Waals surface area contributed by atoms with Gasteiger partial charge in [0, 0.05) is 38.2 Å². The summed E-state index contributed by atoms with van der Waals surface area (Å²) in [5.74, 6) is 1.24. The number of aliphatic hydroxyl groups excluding tert-OH is 1. The number of nitrogens with zero attached hydrogens (tertiary/aromatic N) is 4. The molecule has 0 aliphatic carbocycles. The molecule has 10 heteroatoms. The van der Waals surface area contributed by atoms with Crippen molar-refractivity contribution < 1.29 is 24.1 Å². The predicted molar refractivity (Wildman–Crippen MR) is 123 cm³/mol. The molecule has 10 nitrogen and oxygen atoms in total. The van der Waals surface area contributed by atoms with Crippen LogP contribution < -0.4 is 14.8 Å². The first-order valence-electron chi connectivity index (χ1n) is 11.3. The molecule has 0 spiro atoms. The second kappa shape index (κ2) is 11.6. The van der Waals surface area contributed by atoms with Crippen molar-refractivity contribution in [2.45, 2.75) is 58.7 Å². The second-order valence-corrected chi connectivity index (χ2v) is 8.19. The maximum atomic E-state index is 12.1. The number of ether oxygens (including phenoxy) is 3. The minimum absolute atomic E-state index is 0.0982. The topological polar surface area (TPSA) is 119 Å². The highest BCUT2D eigenvalue weighted by molar-refractivity contribution is 5.68.